The fraction of sp³-hybridized carbons (Fsp3) is 0.188. The second-order valence-electron chi connectivity index (χ2n) is 4.60. The Morgan fingerprint density at radius 2 is 2.00 bits per heavy atom. The molecule has 22 heavy (non-hydrogen) atoms. The molecule has 0 aromatic heterocycles. The third-order valence-corrected chi connectivity index (χ3v) is 2.92. The van der Waals surface area contributed by atoms with Crippen LogP contribution in [0.3, 0.4) is 0 Å². The number of nitrogens with one attached hydrogen (secondary N) is 1. The van der Waals surface area contributed by atoms with Gasteiger partial charge < -0.3 is 10.1 Å². The van der Waals surface area contributed by atoms with E-state index in [9.17, 15) is 14.9 Å². The van der Waals surface area contributed by atoms with Gasteiger partial charge in [0.1, 0.15) is 11.4 Å². The third-order valence-electron chi connectivity index (χ3n) is 2.92. The normalized spacial score (nSPS) is 10.0. The highest BCUT2D eigenvalue weighted by Gasteiger charge is 2.15. The van der Waals surface area contributed by atoms with Crippen molar-refractivity contribution in [1.82, 2.24) is 0 Å². The van der Waals surface area contributed by atoms with Crippen LogP contribution in [0, 0.1) is 10.1 Å². The Balaban J connectivity index is 2.17. The van der Waals surface area contributed by atoms with Gasteiger partial charge in [0.15, 0.2) is 0 Å². The van der Waals surface area contributed by atoms with E-state index in [4.69, 9.17) is 4.74 Å². The summed E-state index contributed by atoms with van der Waals surface area (Å²) in [4.78, 5) is 22.6. The summed E-state index contributed by atoms with van der Waals surface area (Å²) in [5, 5.41) is 13.5. The Morgan fingerprint density at radius 1 is 1.23 bits per heavy atom. The van der Waals surface area contributed by atoms with Crippen LogP contribution in [0.1, 0.15) is 23.7 Å². The van der Waals surface area contributed by atoms with E-state index in [0.717, 1.165) is 6.42 Å². The van der Waals surface area contributed by atoms with Gasteiger partial charge in [-0.1, -0.05) is 25.1 Å². The second-order valence-corrected chi connectivity index (χ2v) is 4.60. The molecule has 0 heterocycles. The Labute approximate surface area is 127 Å². The Morgan fingerprint density at radius 3 is 2.73 bits per heavy atom. The van der Waals surface area contributed by atoms with E-state index in [1.807, 2.05) is 6.92 Å². The van der Waals surface area contributed by atoms with Gasteiger partial charge in [0.05, 0.1) is 11.5 Å². The largest absolute Gasteiger partial charge is 0.494 e. The van der Waals surface area contributed by atoms with Gasteiger partial charge in [0, 0.05) is 11.6 Å². The fourth-order valence-electron chi connectivity index (χ4n) is 1.88. The van der Waals surface area contributed by atoms with E-state index in [1.165, 1.54) is 12.1 Å². The van der Waals surface area contributed by atoms with Crippen molar-refractivity contribution in [3.8, 4) is 5.75 Å². The summed E-state index contributed by atoms with van der Waals surface area (Å²) in [6.45, 7) is 2.56. The third kappa shape index (κ3) is 3.82. The average Bonchev–Trinajstić information content (AvgIpc) is 2.53. The predicted octanol–water partition coefficient (Wildman–Crippen LogP) is 3.64. The molecule has 1 amide bonds. The van der Waals surface area contributed by atoms with E-state index in [-0.39, 0.29) is 11.4 Å². The van der Waals surface area contributed by atoms with Crippen molar-refractivity contribution in [2.45, 2.75) is 13.3 Å². The Hall–Kier alpha value is -2.89. The van der Waals surface area contributed by atoms with Gasteiger partial charge in [-0.15, -0.1) is 0 Å². The van der Waals surface area contributed by atoms with Gasteiger partial charge in [0.25, 0.3) is 11.6 Å². The minimum atomic E-state index is -0.531. The maximum Gasteiger partial charge on any atom is 0.292 e. The summed E-state index contributed by atoms with van der Waals surface area (Å²) in [6.07, 6.45) is 0.868. The van der Waals surface area contributed by atoms with Crippen molar-refractivity contribution in [3.63, 3.8) is 0 Å². The molecule has 0 saturated carbocycles. The summed E-state index contributed by atoms with van der Waals surface area (Å²) < 4.78 is 5.47. The molecule has 0 bridgehead atoms. The smallest absolute Gasteiger partial charge is 0.292 e. The first kappa shape index (κ1) is 15.5. The molecule has 0 aliphatic heterocycles. The predicted molar refractivity (Wildman–Crippen MR) is 83.3 cm³/mol. The molecule has 0 atom stereocenters. The molecule has 2 rings (SSSR count). The number of nitrogens with zero attached hydrogens (tertiary/aromatic N) is 1. The lowest BCUT2D eigenvalue weighted by Crippen LogP contribution is -2.13. The number of benzene rings is 2. The number of carbonyl (C=O) groups is 1. The van der Waals surface area contributed by atoms with Crippen molar-refractivity contribution in [2.24, 2.45) is 0 Å². The highest BCUT2D eigenvalue weighted by atomic mass is 16.6. The Kier molecular flexibility index (Phi) is 5.08. The van der Waals surface area contributed by atoms with Gasteiger partial charge in [-0.3, -0.25) is 14.9 Å². The molecule has 0 spiro atoms. The second kappa shape index (κ2) is 7.21. The molecule has 114 valence electrons. The van der Waals surface area contributed by atoms with Crippen LogP contribution < -0.4 is 10.1 Å². The lowest BCUT2D eigenvalue weighted by atomic mass is 10.2. The number of hydrogen-bond donors (Lipinski definition) is 1. The molecule has 0 aliphatic rings. The lowest BCUT2D eigenvalue weighted by molar-refractivity contribution is -0.383. The SMILES string of the molecule is CCCOc1cccc(C(=O)Nc2ccccc2[N+](=O)[O-])c1. The van der Waals surface area contributed by atoms with Gasteiger partial charge in [0.2, 0.25) is 0 Å². The highest BCUT2D eigenvalue weighted by Crippen LogP contribution is 2.24. The summed E-state index contributed by atoms with van der Waals surface area (Å²) in [7, 11) is 0. The number of hydrogen-bond acceptors (Lipinski definition) is 4. The van der Waals surface area contributed by atoms with Gasteiger partial charge in [-0.2, -0.15) is 0 Å². The minimum absolute atomic E-state index is 0.144. The number of para-hydroxylation sites is 2. The van der Waals surface area contributed by atoms with Crippen LogP contribution in [-0.4, -0.2) is 17.4 Å². The van der Waals surface area contributed by atoms with Crippen molar-refractivity contribution in [2.75, 3.05) is 11.9 Å². The van der Waals surface area contributed by atoms with Crippen LogP contribution in [0.25, 0.3) is 0 Å². The van der Waals surface area contributed by atoms with Gasteiger partial charge in [-0.25, -0.2) is 0 Å². The molecule has 2 aromatic rings. The standard InChI is InChI=1S/C16H16N2O4/c1-2-10-22-13-7-5-6-12(11-13)16(19)17-14-8-3-4-9-15(14)18(20)21/h3-9,11H,2,10H2,1H3,(H,17,19). The van der Waals surface area contributed by atoms with Crippen molar-refractivity contribution in [1.29, 1.82) is 0 Å². The molecule has 0 fully saturated rings. The highest BCUT2D eigenvalue weighted by molar-refractivity contribution is 6.05. The number of nitro benzene ring substituents is 1. The minimum Gasteiger partial charge on any atom is -0.494 e. The molecular formula is C16H16N2O4. The molecular weight excluding hydrogens is 284 g/mol. The summed E-state index contributed by atoms with van der Waals surface area (Å²) in [5.41, 5.74) is 0.401. The number of amides is 1. The monoisotopic (exact) mass is 300 g/mol. The van der Waals surface area contributed by atoms with E-state index >= 15 is 0 Å². The average molecular weight is 300 g/mol. The van der Waals surface area contributed by atoms with Crippen LogP contribution in [0.4, 0.5) is 11.4 Å². The summed E-state index contributed by atoms with van der Waals surface area (Å²) >= 11 is 0. The van der Waals surface area contributed by atoms with E-state index in [0.29, 0.717) is 17.9 Å². The van der Waals surface area contributed by atoms with Gasteiger partial charge >= 0.3 is 0 Å². The molecule has 1 N–H and O–H groups in total. The zero-order chi connectivity index (χ0) is 15.9. The molecule has 6 heteroatoms. The van der Waals surface area contributed by atoms with E-state index < -0.39 is 10.8 Å². The Bertz CT molecular complexity index is 685. The molecule has 0 unspecified atom stereocenters. The first-order chi connectivity index (χ1) is 10.6. The first-order valence-corrected chi connectivity index (χ1v) is 6.89. The lowest BCUT2D eigenvalue weighted by Gasteiger charge is -2.08. The number of nitro groups is 1. The number of anilines is 1. The zero-order valence-corrected chi connectivity index (χ0v) is 12.1. The van der Waals surface area contributed by atoms with Crippen molar-refractivity contribution in [3.05, 3.63) is 64.2 Å². The molecule has 0 aliphatic carbocycles. The van der Waals surface area contributed by atoms with Crippen LogP contribution in [0.2, 0.25) is 0 Å². The summed E-state index contributed by atoms with van der Waals surface area (Å²) in [5.74, 6) is 0.174. The van der Waals surface area contributed by atoms with Gasteiger partial charge in [-0.05, 0) is 30.7 Å². The number of ether oxygens (including phenoxy) is 1. The fourth-order valence-corrected chi connectivity index (χ4v) is 1.88. The summed E-state index contributed by atoms with van der Waals surface area (Å²) in [6, 6.07) is 12.7. The quantitative estimate of drug-likeness (QED) is 0.652. The van der Waals surface area contributed by atoms with E-state index in [2.05, 4.69) is 5.32 Å². The first-order valence-electron chi connectivity index (χ1n) is 6.89. The number of rotatable bonds is 6. The molecule has 0 radical (unpaired) electrons. The molecule has 6 nitrogen and oxygen atoms in total. The topological polar surface area (TPSA) is 81.5 Å². The number of carbonyl (C=O) groups excluding carboxylic acids is 1. The van der Waals surface area contributed by atoms with Crippen LogP contribution in [0.15, 0.2) is 48.5 Å². The van der Waals surface area contributed by atoms with Crippen LogP contribution in [0.5, 0.6) is 5.75 Å². The van der Waals surface area contributed by atoms with Crippen molar-refractivity contribution >= 4 is 17.3 Å². The molecule has 2 aromatic carbocycles. The van der Waals surface area contributed by atoms with Crippen LogP contribution >= 0.6 is 0 Å². The van der Waals surface area contributed by atoms with Crippen LogP contribution in [-0.2, 0) is 0 Å². The zero-order valence-electron chi connectivity index (χ0n) is 12.1. The maximum atomic E-state index is 12.2. The maximum absolute atomic E-state index is 12.2. The van der Waals surface area contributed by atoms with Crippen molar-refractivity contribution < 1.29 is 14.5 Å². The molecule has 0 saturated heterocycles. The van der Waals surface area contributed by atoms with E-state index in [1.54, 1.807) is 36.4 Å².